The lowest BCUT2D eigenvalue weighted by molar-refractivity contribution is -0.132. The average molecular weight is 242 g/mol. The van der Waals surface area contributed by atoms with E-state index in [-0.39, 0.29) is 17.9 Å². The smallest absolute Gasteiger partial charge is 0.236 e. The Morgan fingerprint density at radius 1 is 1.41 bits per heavy atom. The summed E-state index contributed by atoms with van der Waals surface area (Å²) in [4.78, 5) is 26.8. The fraction of sp³-hybridized carbons (Fsp3) is 0.818. The standard InChI is InChI=1S/C11H22N4O2/c1-9(7-10(16)13-12)14(2)8-11(17)15-5-3-4-6-15/h9H,3-8,12H2,1-2H3,(H,13,16). The van der Waals surface area contributed by atoms with Gasteiger partial charge in [0, 0.05) is 25.6 Å². The molecule has 0 aromatic heterocycles. The fourth-order valence-electron chi connectivity index (χ4n) is 1.92. The molecule has 0 bridgehead atoms. The van der Waals surface area contributed by atoms with E-state index in [0.29, 0.717) is 13.0 Å². The quantitative estimate of drug-likeness (QED) is 0.380. The van der Waals surface area contributed by atoms with E-state index in [4.69, 9.17) is 5.84 Å². The van der Waals surface area contributed by atoms with Gasteiger partial charge < -0.3 is 4.90 Å². The van der Waals surface area contributed by atoms with Gasteiger partial charge in [0.1, 0.15) is 0 Å². The lowest BCUT2D eigenvalue weighted by Crippen LogP contribution is -2.43. The van der Waals surface area contributed by atoms with E-state index in [0.717, 1.165) is 25.9 Å². The van der Waals surface area contributed by atoms with E-state index >= 15 is 0 Å². The molecule has 1 aliphatic rings. The first-order valence-corrected chi connectivity index (χ1v) is 6.02. The second kappa shape index (κ2) is 6.56. The molecular weight excluding hydrogens is 220 g/mol. The van der Waals surface area contributed by atoms with Gasteiger partial charge in [-0.3, -0.25) is 19.9 Å². The van der Waals surface area contributed by atoms with Gasteiger partial charge in [0.05, 0.1) is 6.54 Å². The van der Waals surface area contributed by atoms with Gasteiger partial charge in [-0.15, -0.1) is 0 Å². The van der Waals surface area contributed by atoms with E-state index in [1.54, 1.807) is 0 Å². The van der Waals surface area contributed by atoms with Crippen molar-refractivity contribution in [2.24, 2.45) is 5.84 Å². The molecule has 1 rings (SSSR count). The van der Waals surface area contributed by atoms with Gasteiger partial charge in [0.25, 0.3) is 0 Å². The van der Waals surface area contributed by atoms with Crippen LogP contribution in [0.25, 0.3) is 0 Å². The highest BCUT2D eigenvalue weighted by Gasteiger charge is 2.21. The molecule has 1 atom stereocenters. The number of nitrogens with one attached hydrogen (secondary N) is 1. The maximum Gasteiger partial charge on any atom is 0.236 e. The summed E-state index contributed by atoms with van der Waals surface area (Å²) < 4.78 is 0. The number of hydrazine groups is 1. The summed E-state index contributed by atoms with van der Waals surface area (Å²) >= 11 is 0. The molecule has 1 heterocycles. The molecule has 0 spiro atoms. The number of carbonyl (C=O) groups is 2. The second-order valence-corrected chi connectivity index (χ2v) is 4.62. The number of nitrogens with two attached hydrogens (primary N) is 1. The maximum atomic E-state index is 11.9. The van der Waals surface area contributed by atoms with Crippen molar-refractivity contribution in [2.75, 3.05) is 26.7 Å². The third-order valence-corrected chi connectivity index (χ3v) is 3.24. The van der Waals surface area contributed by atoms with E-state index < -0.39 is 0 Å². The van der Waals surface area contributed by atoms with Crippen molar-refractivity contribution >= 4 is 11.8 Å². The second-order valence-electron chi connectivity index (χ2n) is 4.62. The lowest BCUT2D eigenvalue weighted by atomic mass is 10.2. The summed E-state index contributed by atoms with van der Waals surface area (Å²) in [7, 11) is 1.85. The number of carbonyl (C=O) groups excluding carboxylic acids is 2. The number of hydrogen-bond donors (Lipinski definition) is 2. The summed E-state index contributed by atoms with van der Waals surface area (Å²) in [5.41, 5.74) is 2.10. The number of amides is 2. The van der Waals surface area contributed by atoms with Gasteiger partial charge in [0.15, 0.2) is 0 Å². The van der Waals surface area contributed by atoms with Crippen molar-refractivity contribution in [3.8, 4) is 0 Å². The predicted molar refractivity (Wildman–Crippen MR) is 64.9 cm³/mol. The van der Waals surface area contributed by atoms with Crippen LogP contribution in [0.15, 0.2) is 0 Å². The topological polar surface area (TPSA) is 78.7 Å². The molecule has 1 fully saturated rings. The summed E-state index contributed by atoms with van der Waals surface area (Å²) in [6.45, 7) is 4.00. The Labute approximate surface area is 102 Å². The van der Waals surface area contributed by atoms with Crippen LogP contribution in [0.3, 0.4) is 0 Å². The first kappa shape index (κ1) is 13.9. The Hall–Kier alpha value is -1.14. The van der Waals surface area contributed by atoms with Gasteiger partial charge in [-0.25, -0.2) is 5.84 Å². The Balaban J connectivity index is 2.34. The van der Waals surface area contributed by atoms with Crippen molar-refractivity contribution in [3.63, 3.8) is 0 Å². The summed E-state index contributed by atoms with van der Waals surface area (Å²) in [6, 6.07) is 0.00473. The molecule has 6 nitrogen and oxygen atoms in total. The molecule has 3 N–H and O–H groups in total. The van der Waals surface area contributed by atoms with Crippen LogP contribution < -0.4 is 11.3 Å². The zero-order valence-electron chi connectivity index (χ0n) is 10.6. The normalized spacial score (nSPS) is 17.3. The largest absolute Gasteiger partial charge is 0.342 e. The summed E-state index contributed by atoms with van der Waals surface area (Å²) in [5.74, 6) is 4.96. The first-order valence-electron chi connectivity index (χ1n) is 6.02. The van der Waals surface area contributed by atoms with Crippen molar-refractivity contribution in [2.45, 2.75) is 32.2 Å². The lowest BCUT2D eigenvalue weighted by Gasteiger charge is -2.25. The highest BCUT2D eigenvalue weighted by atomic mass is 16.2. The van der Waals surface area contributed by atoms with E-state index in [2.05, 4.69) is 5.43 Å². The summed E-state index contributed by atoms with van der Waals surface area (Å²) in [5, 5.41) is 0. The molecule has 0 aromatic rings. The number of rotatable bonds is 5. The van der Waals surface area contributed by atoms with Gasteiger partial charge >= 0.3 is 0 Å². The minimum Gasteiger partial charge on any atom is -0.342 e. The number of likely N-dealkylation sites (N-methyl/N-ethyl adjacent to an activating group) is 1. The molecule has 1 aliphatic heterocycles. The Kier molecular flexibility index (Phi) is 5.37. The molecular formula is C11H22N4O2. The zero-order chi connectivity index (χ0) is 12.8. The van der Waals surface area contributed by atoms with Crippen LogP contribution in [0.4, 0.5) is 0 Å². The van der Waals surface area contributed by atoms with Gasteiger partial charge in [-0.1, -0.05) is 0 Å². The van der Waals surface area contributed by atoms with Crippen LogP contribution in [-0.4, -0.2) is 54.3 Å². The van der Waals surface area contributed by atoms with Crippen LogP contribution >= 0.6 is 0 Å². The number of likely N-dealkylation sites (tertiary alicyclic amines) is 1. The van der Waals surface area contributed by atoms with E-state index in [1.165, 1.54) is 0 Å². The Morgan fingerprint density at radius 3 is 2.53 bits per heavy atom. The summed E-state index contributed by atoms with van der Waals surface area (Å²) in [6.07, 6.45) is 2.50. The first-order chi connectivity index (χ1) is 8.04. The van der Waals surface area contributed by atoms with Gasteiger partial charge in [0.2, 0.25) is 11.8 Å². The van der Waals surface area contributed by atoms with Crippen molar-refractivity contribution < 1.29 is 9.59 Å². The predicted octanol–water partition coefficient (Wildman–Crippen LogP) is -0.691. The third kappa shape index (κ3) is 4.32. The highest BCUT2D eigenvalue weighted by Crippen LogP contribution is 2.09. The number of nitrogens with zero attached hydrogens (tertiary/aromatic N) is 2. The maximum absolute atomic E-state index is 11.9. The van der Waals surface area contributed by atoms with Crippen LogP contribution in [0.5, 0.6) is 0 Å². The van der Waals surface area contributed by atoms with Crippen molar-refractivity contribution in [1.29, 1.82) is 0 Å². The molecule has 1 unspecified atom stereocenters. The molecule has 0 radical (unpaired) electrons. The van der Waals surface area contributed by atoms with Gasteiger partial charge in [-0.05, 0) is 26.8 Å². The van der Waals surface area contributed by atoms with Crippen molar-refractivity contribution in [3.05, 3.63) is 0 Å². The number of hydrogen-bond acceptors (Lipinski definition) is 4. The van der Waals surface area contributed by atoms with Crippen LogP contribution in [0.1, 0.15) is 26.2 Å². The molecule has 2 amide bonds. The molecule has 6 heteroatoms. The van der Waals surface area contributed by atoms with Gasteiger partial charge in [-0.2, -0.15) is 0 Å². The van der Waals surface area contributed by atoms with Crippen LogP contribution in [0, 0.1) is 0 Å². The zero-order valence-corrected chi connectivity index (χ0v) is 10.6. The molecule has 98 valence electrons. The van der Waals surface area contributed by atoms with E-state index in [1.807, 2.05) is 23.8 Å². The van der Waals surface area contributed by atoms with Crippen LogP contribution in [-0.2, 0) is 9.59 Å². The molecule has 1 saturated heterocycles. The Morgan fingerprint density at radius 2 is 2.00 bits per heavy atom. The van der Waals surface area contributed by atoms with Crippen LogP contribution in [0.2, 0.25) is 0 Å². The third-order valence-electron chi connectivity index (χ3n) is 3.24. The molecule has 0 saturated carbocycles. The highest BCUT2D eigenvalue weighted by molar-refractivity contribution is 5.79. The monoisotopic (exact) mass is 242 g/mol. The van der Waals surface area contributed by atoms with Crippen molar-refractivity contribution in [1.82, 2.24) is 15.2 Å². The fourth-order valence-corrected chi connectivity index (χ4v) is 1.92. The van der Waals surface area contributed by atoms with E-state index in [9.17, 15) is 9.59 Å². The average Bonchev–Trinajstić information content (AvgIpc) is 2.82. The SMILES string of the molecule is CC(CC(=O)NN)N(C)CC(=O)N1CCCC1. The molecule has 17 heavy (non-hydrogen) atoms. The minimum absolute atomic E-state index is 0.00473. The Bertz CT molecular complexity index is 277. The minimum atomic E-state index is -0.210. The molecule has 0 aromatic carbocycles. The molecule has 0 aliphatic carbocycles.